The van der Waals surface area contributed by atoms with E-state index in [9.17, 15) is 0 Å². The first-order valence-corrected chi connectivity index (χ1v) is 6.80. The number of fused-ring (bicyclic) bond motifs is 1. The molecule has 18 heavy (non-hydrogen) atoms. The van der Waals surface area contributed by atoms with Gasteiger partial charge in [-0.1, -0.05) is 25.1 Å². The Morgan fingerprint density at radius 3 is 3.06 bits per heavy atom. The summed E-state index contributed by atoms with van der Waals surface area (Å²) in [6.07, 6.45) is 2.22. The lowest BCUT2D eigenvalue weighted by Gasteiger charge is -2.23. The van der Waals surface area contributed by atoms with Gasteiger partial charge in [-0.05, 0) is 25.5 Å². The minimum absolute atomic E-state index is 0.470. The number of hydrogen-bond donors (Lipinski definition) is 1. The number of rotatable bonds is 7. The average Bonchev–Trinajstić information content (AvgIpc) is 2.82. The van der Waals surface area contributed by atoms with Gasteiger partial charge in [0.25, 0.3) is 0 Å². The summed E-state index contributed by atoms with van der Waals surface area (Å²) in [5.74, 6) is 1.52. The summed E-state index contributed by atoms with van der Waals surface area (Å²) in [5.41, 5.74) is 1.35. The van der Waals surface area contributed by atoms with Gasteiger partial charge in [-0.15, -0.1) is 0 Å². The van der Waals surface area contributed by atoms with E-state index >= 15 is 0 Å². The second kappa shape index (κ2) is 6.76. The van der Waals surface area contributed by atoms with Gasteiger partial charge in [0.05, 0.1) is 6.61 Å². The van der Waals surface area contributed by atoms with Crippen LogP contribution in [0, 0.1) is 0 Å². The predicted octanol–water partition coefficient (Wildman–Crippen LogP) is 2.57. The summed E-state index contributed by atoms with van der Waals surface area (Å²) >= 11 is 0. The van der Waals surface area contributed by atoms with Gasteiger partial charge in [0.2, 0.25) is 0 Å². The first-order valence-electron chi connectivity index (χ1n) is 6.80. The lowest BCUT2D eigenvalue weighted by Crippen LogP contribution is -2.35. The van der Waals surface area contributed by atoms with Gasteiger partial charge in [-0.25, -0.2) is 0 Å². The molecule has 1 heterocycles. The zero-order valence-corrected chi connectivity index (χ0v) is 11.3. The maximum Gasteiger partial charge on any atom is 0.122 e. The molecule has 3 nitrogen and oxygen atoms in total. The molecule has 1 aliphatic heterocycles. The van der Waals surface area contributed by atoms with Crippen molar-refractivity contribution in [1.82, 2.24) is 5.32 Å². The summed E-state index contributed by atoms with van der Waals surface area (Å²) in [5, 5.41) is 3.59. The molecule has 2 unspecified atom stereocenters. The van der Waals surface area contributed by atoms with Crippen molar-refractivity contribution in [2.75, 3.05) is 26.9 Å². The molecule has 2 rings (SSSR count). The topological polar surface area (TPSA) is 30.5 Å². The number of likely N-dealkylation sites (N-methyl/N-ethyl adjacent to an activating group) is 1. The molecule has 1 N–H and O–H groups in total. The van der Waals surface area contributed by atoms with Gasteiger partial charge < -0.3 is 14.8 Å². The molecule has 0 saturated carbocycles. The number of para-hydroxylation sites is 1. The molecule has 0 aromatic heterocycles. The zero-order chi connectivity index (χ0) is 12.8. The van der Waals surface area contributed by atoms with E-state index < -0.39 is 0 Å². The Bertz CT molecular complexity index is 367. The van der Waals surface area contributed by atoms with E-state index in [-0.39, 0.29) is 0 Å². The number of hydrogen-bond acceptors (Lipinski definition) is 3. The Balaban J connectivity index is 2.03. The lowest BCUT2D eigenvalue weighted by atomic mass is 9.90. The number of methoxy groups -OCH3 is 1. The molecule has 0 bridgehead atoms. The zero-order valence-electron chi connectivity index (χ0n) is 11.3. The normalized spacial score (nSPS) is 19.3. The van der Waals surface area contributed by atoms with E-state index in [1.807, 2.05) is 6.07 Å². The highest BCUT2D eigenvalue weighted by atomic mass is 16.5. The van der Waals surface area contributed by atoms with E-state index in [0.29, 0.717) is 12.0 Å². The molecule has 0 fully saturated rings. The molecular formula is C15H23NO2. The minimum atomic E-state index is 0.470. The molecule has 0 amide bonds. The lowest BCUT2D eigenvalue weighted by molar-refractivity contribution is 0.185. The molecule has 1 aliphatic rings. The minimum Gasteiger partial charge on any atom is -0.493 e. The third-order valence-corrected chi connectivity index (χ3v) is 3.55. The molecule has 0 aliphatic carbocycles. The fourth-order valence-corrected chi connectivity index (χ4v) is 2.68. The molecule has 3 heteroatoms. The summed E-state index contributed by atoms with van der Waals surface area (Å²) in [7, 11) is 1.76. The van der Waals surface area contributed by atoms with E-state index in [0.717, 1.165) is 38.3 Å². The average molecular weight is 249 g/mol. The van der Waals surface area contributed by atoms with Crippen molar-refractivity contribution in [3.05, 3.63) is 29.8 Å². The first-order chi connectivity index (χ1) is 8.86. The van der Waals surface area contributed by atoms with Crippen LogP contribution in [0.3, 0.4) is 0 Å². The maximum absolute atomic E-state index is 5.77. The van der Waals surface area contributed by atoms with Gasteiger partial charge in [-0.2, -0.15) is 0 Å². The SMILES string of the molecule is CCNC(CCCOC)C1COc2ccccc21. The first kappa shape index (κ1) is 13.4. The molecule has 1 aromatic rings. The number of ether oxygens (including phenoxy) is 2. The van der Waals surface area contributed by atoms with Crippen molar-refractivity contribution < 1.29 is 9.47 Å². The van der Waals surface area contributed by atoms with Gasteiger partial charge in [-0.3, -0.25) is 0 Å². The van der Waals surface area contributed by atoms with Crippen LogP contribution in [-0.2, 0) is 4.74 Å². The van der Waals surface area contributed by atoms with Crippen LogP contribution in [0.1, 0.15) is 31.2 Å². The van der Waals surface area contributed by atoms with E-state index in [1.54, 1.807) is 7.11 Å². The van der Waals surface area contributed by atoms with Gasteiger partial charge in [0.15, 0.2) is 0 Å². The molecule has 0 radical (unpaired) electrons. The summed E-state index contributed by atoms with van der Waals surface area (Å²) < 4.78 is 10.9. The largest absolute Gasteiger partial charge is 0.493 e. The van der Waals surface area contributed by atoms with Crippen LogP contribution in [0.4, 0.5) is 0 Å². The van der Waals surface area contributed by atoms with Crippen molar-refractivity contribution in [3.8, 4) is 5.75 Å². The second-order valence-electron chi connectivity index (χ2n) is 4.75. The van der Waals surface area contributed by atoms with E-state index in [2.05, 4.69) is 30.4 Å². The predicted molar refractivity (Wildman–Crippen MR) is 73.3 cm³/mol. The highest BCUT2D eigenvalue weighted by Crippen LogP contribution is 2.36. The molecule has 2 atom stereocenters. The highest BCUT2D eigenvalue weighted by Gasteiger charge is 2.30. The van der Waals surface area contributed by atoms with Crippen molar-refractivity contribution >= 4 is 0 Å². The van der Waals surface area contributed by atoms with Crippen LogP contribution in [0.15, 0.2) is 24.3 Å². The Morgan fingerprint density at radius 2 is 2.28 bits per heavy atom. The number of benzene rings is 1. The van der Waals surface area contributed by atoms with Crippen LogP contribution < -0.4 is 10.1 Å². The van der Waals surface area contributed by atoms with Crippen LogP contribution in [0.5, 0.6) is 5.75 Å². The third kappa shape index (κ3) is 3.03. The Hall–Kier alpha value is -1.06. The van der Waals surface area contributed by atoms with Crippen molar-refractivity contribution in [2.24, 2.45) is 0 Å². The van der Waals surface area contributed by atoms with E-state index in [1.165, 1.54) is 5.56 Å². The molecule has 1 aromatic carbocycles. The van der Waals surface area contributed by atoms with Crippen molar-refractivity contribution in [3.63, 3.8) is 0 Å². The quantitative estimate of drug-likeness (QED) is 0.753. The molecular weight excluding hydrogens is 226 g/mol. The monoisotopic (exact) mass is 249 g/mol. The standard InChI is InChI=1S/C15H23NO2/c1-3-16-14(8-6-10-17-2)13-11-18-15-9-5-4-7-12(13)15/h4-5,7,9,13-14,16H,3,6,8,10-11H2,1-2H3. The Labute approximate surface area is 109 Å². The summed E-state index contributed by atoms with van der Waals surface area (Å²) in [6, 6.07) is 8.86. The third-order valence-electron chi connectivity index (χ3n) is 3.55. The molecule has 0 spiro atoms. The fraction of sp³-hybridized carbons (Fsp3) is 0.600. The van der Waals surface area contributed by atoms with Crippen LogP contribution in [0.2, 0.25) is 0 Å². The Kier molecular flexibility index (Phi) is 5.02. The second-order valence-corrected chi connectivity index (χ2v) is 4.75. The van der Waals surface area contributed by atoms with Crippen molar-refractivity contribution in [2.45, 2.75) is 31.7 Å². The highest BCUT2D eigenvalue weighted by molar-refractivity contribution is 5.40. The number of nitrogens with one attached hydrogen (secondary N) is 1. The van der Waals surface area contributed by atoms with Gasteiger partial charge >= 0.3 is 0 Å². The fourth-order valence-electron chi connectivity index (χ4n) is 2.68. The van der Waals surface area contributed by atoms with Gasteiger partial charge in [0.1, 0.15) is 5.75 Å². The van der Waals surface area contributed by atoms with Crippen molar-refractivity contribution in [1.29, 1.82) is 0 Å². The van der Waals surface area contributed by atoms with Gasteiger partial charge in [0, 0.05) is 31.2 Å². The van der Waals surface area contributed by atoms with Crippen LogP contribution >= 0.6 is 0 Å². The van der Waals surface area contributed by atoms with E-state index in [4.69, 9.17) is 9.47 Å². The summed E-state index contributed by atoms with van der Waals surface area (Å²) in [6.45, 7) is 4.78. The smallest absolute Gasteiger partial charge is 0.122 e. The van der Waals surface area contributed by atoms with Crippen LogP contribution in [-0.4, -0.2) is 32.9 Å². The van der Waals surface area contributed by atoms with Crippen LogP contribution in [0.25, 0.3) is 0 Å². The molecule has 0 saturated heterocycles. The molecule has 100 valence electrons. The Morgan fingerprint density at radius 1 is 1.44 bits per heavy atom. The maximum atomic E-state index is 5.77. The summed E-state index contributed by atoms with van der Waals surface area (Å²) in [4.78, 5) is 0.